The summed E-state index contributed by atoms with van der Waals surface area (Å²) >= 11 is 0. The van der Waals surface area contributed by atoms with E-state index in [-0.39, 0.29) is 23.6 Å². The molecular weight excluding hydrogens is 300 g/mol. The van der Waals surface area contributed by atoms with Crippen LogP contribution in [0.4, 0.5) is 0 Å². The van der Waals surface area contributed by atoms with Crippen molar-refractivity contribution in [3.8, 4) is 0 Å². The van der Waals surface area contributed by atoms with Crippen molar-refractivity contribution in [3.05, 3.63) is 35.4 Å². The summed E-state index contributed by atoms with van der Waals surface area (Å²) in [4.78, 5) is 1.30. The van der Waals surface area contributed by atoms with Crippen LogP contribution in [-0.4, -0.2) is 57.8 Å². The molecule has 22 heavy (non-hydrogen) atoms. The van der Waals surface area contributed by atoms with Crippen LogP contribution in [0.25, 0.3) is 0 Å². The highest BCUT2D eigenvalue weighted by molar-refractivity contribution is 7.91. The Bertz CT molecular complexity index is 584. The van der Waals surface area contributed by atoms with Crippen LogP contribution in [-0.2, 0) is 16.3 Å². The van der Waals surface area contributed by atoms with E-state index in [2.05, 4.69) is 45.3 Å². The van der Waals surface area contributed by atoms with Crippen LogP contribution in [0.15, 0.2) is 24.3 Å². The zero-order chi connectivity index (χ0) is 16.3. The Labute approximate surface area is 133 Å². The molecule has 3 atom stereocenters. The van der Waals surface area contributed by atoms with Gasteiger partial charge in [-0.15, -0.1) is 0 Å². The second-order valence-corrected chi connectivity index (χ2v) is 8.66. The molecule has 1 saturated heterocycles. The van der Waals surface area contributed by atoms with Crippen molar-refractivity contribution >= 4 is 9.84 Å². The maximum atomic E-state index is 11.6. The molecule has 2 rings (SSSR count). The predicted octanol–water partition coefficient (Wildman–Crippen LogP) is -1.84. The summed E-state index contributed by atoms with van der Waals surface area (Å²) in [5.74, 6) is -0.0166. The molecule has 1 fully saturated rings. The first-order valence-corrected chi connectivity index (χ1v) is 9.75. The van der Waals surface area contributed by atoms with Gasteiger partial charge in [-0.2, -0.15) is 0 Å². The highest BCUT2D eigenvalue weighted by Gasteiger charge is 2.39. The minimum Gasteiger partial charge on any atom is -0.386 e. The third-order valence-electron chi connectivity index (χ3n) is 4.53. The topological polar surface area (TPSA) is 75.4 Å². The molecule has 4 N–H and O–H groups in total. The second kappa shape index (κ2) is 7.08. The highest BCUT2D eigenvalue weighted by atomic mass is 32.2. The minimum absolute atomic E-state index is 0.0818. The van der Waals surface area contributed by atoms with Crippen molar-refractivity contribution < 1.29 is 23.7 Å². The van der Waals surface area contributed by atoms with Gasteiger partial charge in [-0.25, -0.2) is 8.42 Å². The van der Waals surface area contributed by atoms with Gasteiger partial charge in [0, 0.05) is 5.56 Å². The Morgan fingerprint density at radius 2 is 1.91 bits per heavy atom. The second-order valence-electron chi connectivity index (χ2n) is 6.50. The van der Waals surface area contributed by atoms with Gasteiger partial charge >= 0.3 is 0 Å². The van der Waals surface area contributed by atoms with Gasteiger partial charge in [0.05, 0.1) is 19.8 Å². The maximum Gasteiger partial charge on any atom is 0.162 e. The van der Waals surface area contributed by atoms with Gasteiger partial charge in [-0.05, 0) is 12.0 Å². The van der Waals surface area contributed by atoms with Crippen LogP contribution < -0.4 is 10.2 Å². The normalized spacial score (nSPS) is 25.5. The van der Waals surface area contributed by atoms with E-state index < -0.39 is 15.9 Å². The molecule has 1 heterocycles. The van der Waals surface area contributed by atoms with Crippen molar-refractivity contribution in [1.29, 1.82) is 0 Å². The number of aliphatic hydroxyl groups excluding tert-OH is 1. The lowest BCUT2D eigenvalue weighted by Gasteiger charge is -2.22. The molecule has 0 aromatic heterocycles. The van der Waals surface area contributed by atoms with Gasteiger partial charge in [0.1, 0.15) is 24.4 Å². The predicted molar refractivity (Wildman–Crippen MR) is 86.6 cm³/mol. The number of sulfone groups is 1. The van der Waals surface area contributed by atoms with Crippen LogP contribution >= 0.6 is 0 Å². The number of nitrogens with one attached hydrogen (secondary N) is 1. The quantitative estimate of drug-likeness (QED) is 0.574. The molecule has 0 unspecified atom stereocenters. The van der Waals surface area contributed by atoms with Crippen LogP contribution in [0.3, 0.4) is 0 Å². The van der Waals surface area contributed by atoms with Crippen LogP contribution in [0.1, 0.15) is 24.1 Å². The number of hydrogen-bond donors (Lipinski definition) is 3. The van der Waals surface area contributed by atoms with Crippen LogP contribution in [0, 0.1) is 0 Å². The summed E-state index contributed by atoms with van der Waals surface area (Å²) in [6, 6.07) is 8.67. The molecule has 124 valence electrons. The zero-order valence-electron chi connectivity index (χ0n) is 13.6. The van der Waals surface area contributed by atoms with E-state index in [1.807, 2.05) is 5.32 Å². The van der Waals surface area contributed by atoms with E-state index in [1.54, 1.807) is 0 Å². The van der Waals surface area contributed by atoms with Gasteiger partial charge in [0.2, 0.25) is 0 Å². The molecule has 0 saturated carbocycles. The zero-order valence-corrected chi connectivity index (χ0v) is 14.4. The lowest BCUT2D eigenvalue weighted by molar-refractivity contribution is -0.911. The maximum absolute atomic E-state index is 11.6. The van der Waals surface area contributed by atoms with Crippen molar-refractivity contribution in [3.63, 3.8) is 0 Å². The molecule has 6 heteroatoms. The fourth-order valence-corrected chi connectivity index (χ4v) is 4.93. The summed E-state index contributed by atoms with van der Waals surface area (Å²) in [5, 5.41) is 11.9. The minimum atomic E-state index is -3.07. The molecule has 1 aromatic carbocycles. The fourth-order valence-electron chi connectivity index (χ4n) is 3.08. The first-order valence-electron chi connectivity index (χ1n) is 7.93. The molecule has 1 aliphatic heterocycles. The van der Waals surface area contributed by atoms with Gasteiger partial charge in [-0.3, -0.25) is 0 Å². The standard InChI is InChI=1S/C16H26N2O3S/c1-4-12-5-7-13(8-6-12)15(18(2)3)9-17-14-10-22(20,21)11-16(14)19/h5-8,14-17,19H,4,9-11H2,1-3H3/p+2/t14-,15+,16+/m1/s1. The molecular formula is C16H28N2O3S+2. The molecule has 0 radical (unpaired) electrons. The largest absolute Gasteiger partial charge is 0.386 e. The summed E-state index contributed by atoms with van der Waals surface area (Å²) < 4.78 is 23.2. The van der Waals surface area contributed by atoms with Crippen molar-refractivity contribution in [2.45, 2.75) is 31.5 Å². The molecule has 5 nitrogen and oxygen atoms in total. The first kappa shape index (κ1) is 17.4. The highest BCUT2D eigenvalue weighted by Crippen LogP contribution is 2.12. The Morgan fingerprint density at radius 1 is 1.27 bits per heavy atom. The average Bonchev–Trinajstić information content (AvgIpc) is 2.72. The van der Waals surface area contributed by atoms with Crippen LogP contribution in [0.2, 0.25) is 0 Å². The number of aliphatic hydroxyl groups is 1. The summed E-state index contributed by atoms with van der Waals surface area (Å²) in [6.07, 6.45) is 0.281. The molecule has 0 amide bonds. The number of aryl methyl sites for hydroxylation is 1. The molecule has 0 aliphatic carbocycles. The molecule has 0 bridgehead atoms. The number of likely N-dealkylation sites (N-methyl/N-ethyl adjacent to an activating group) is 1. The summed E-state index contributed by atoms with van der Waals surface area (Å²) in [5.41, 5.74) is 2.57. The average molecular weight is 328 g/mol. The van der Waals surface area contributed by atoms with E-state index in [0.29, 0.717) is 0 Å². The Balaban J connectivity index is 2.03. The number of benzene rings is 1. The molecule has 1 aliphatic rings. The van der Waals surface area contributed by atoms with E-state index in [1.165, 1.54) is 16.0 Å². The van der Waals surface area contributed by atoms with E-state index in [4.69, 9.17) is 0 Å². The molecule has 0 spiro atoms. The summed E-state index contributed by atoms with van der Waals surface area (Å²) in [7, 11) is 1.14. The Morgan fingerprint density at radius 3 is 2.36 bits per heavy atom. The Hall–Kier alpha value is -0.950. The van der Waals surface area contributed by atoms with E-state index in [0.717, 1.165) is 13.0 Å². The van der Waals surface area contributed by atoms with Gasteiger partial charge < -0.3 is 15.3 Å². The van der Waals surface area contributed by atoms with Crippen LogP contribution in [0.5, 0.6) is 0 Å². The van der Waals surface area contributed by atoms with Gasteiger partial charge in [0.15, 0.2) is 15.9 Å². The fraction of sp³-hybridized carbons (Fsp3) is 0.625. The lowest BCUT2D eigenvalue weighted by Crippen LogP contribution is -3.10. The van der Waals surface area contributed by atoms with E-state index in [9.17, 15) is 13.5 Å². The molecule has 1 aromatic rings. The lowest BCUT2D eigenvalue weighted by atomic mass is 10.0. The van der Waals surface area contributed by atoms with Gasteiger partial charge in [0.25, 0.3) is 0 Å². The van der Waals surface area contributed by atoms with E-state index >= 15 is 0 Å². The van der Waals surface area contributed by atoms with Crippen molar-refractivity contribution in [2.75, 3.05) is 32.1 Å². The monoisotopic (exact) mass is 328 g/mol. The third-order valence-corrected chi connectivity index (χ3v) is 6.27. The third kappa shape index (κ3) is 4.29. The summed E-state index contributed by atoms with van der Waals surface area (Å²) in [6.45, 7) is 2.91. The Kier molecular flexibility index (Phi) is 5.60. The number of hydrogen-bond acceptors (Lipinski definition) is 3. The number of nitrogens with two attached hydrogens (primary N) is 1. The van der Waals surface area contributed by atoms with Gasteiger partial charge in [-0.1, -0.05) is 31.2 Å². The number of rotatable bonds is 6. The van der Waals surface area contributed by atoms with Crippen molar-refractivity contribution in [2.24, 2.45) is 0 Å². The SMILES string of the molecule is CCc1ccc([C@H](C[NH2+][C@@H]2CS(=O)(=O)C[C@@H]2O)[NH+](C)C)cc1. The van der Waals surface area contributed by atoms with Crippen molar-refractivity contribution in [1.82, 2.24) is 0 Å². The smallest absolute Gasteiger partial charge is 0.162 e. The first-order chi connectivity index (χ1) is 10.3. The number of quaternary nitrogens is 2.